The van der Waals surface area contributed by atoms with E-state index < -0.39 is 18.5 Å². The summed E-state index contributed by atoms with van der Waals surface area (Å²) in [5.74, 6) is -0.0722. The molecule has 3 aromatic carbocycles. The van der Waals surface area contributed by atoms with Gasteiger partial charge in [-0.05, 0) is 36.4 Å². The Morgan fingerprint density at radius 3 is 2.48 bits per heavy atom. The Labute approximate surface area is 192 Å². The number of para-hydroxylation sites is 3. The van der Waals surface area contributed by atoms with Gasteiger partial charge in [0.15, 0.2) is 12.4 Å². The molecule has 5 nitrogen and oxygen atoms in total. The van der Waals surface area contributed by atoms with Crippen LogP contribution in [0.15, 0.2) is 72.8 Å². The van der Waals surface area contributed by atoms with Gasteiger partial charge in [-0.1, -0.05) is 59.6 Å². The van der Waals surface area contributed by atoms with Crippen LogP contribution in [0.5, 0.6) is 11.5 Å². The number of hydrogen-bond acceptors (Lipinski definition) is 5. The average Bonchev–Trinajstić information content (AvgIpc) is 3.10. The second-order valence-electron chi connectivity index (χ2n) is 6.42. The molecule has 0 saturated carbocycles. The zero-order valence-corrected chi connectivity index (χ0v) is 18.3. The molecule has 0 radical (unpaired) electrons. The number of benzene rings is 3. The number of anilines is 1. The lowest BCUT2D eigenvalue weighted by molar-refractivity contribution is -0.119. The topological polar surface area (TPSA) is 64.6 Å². The second-order valence-corrected chi connectivity index (χ2v) is 8.29. The quantitative estimate of drug-likeness (QED) is 0.314. The average molecular weight is 472 g/mol. The van der Waals surface area contributed by atoms with Crippen molar-refractivity contribution in [2.45, 2.75) is 0 Å². The van der Waals surface area contributed by atoms with E-state index in [1.807, 2.05) is 30.3 Å². The number of halogens is 2. The van der Waals surface area contributed by atoms with Gasteiger partial charge in [-0.3, -0.25) is 4.79 Å². The van der Waals surface area contributed by atoms with Crippen molar-refractivity contribution in [3.8, 4) is 11.5 Å². The van der Waals surface area contributed by atoms with Crippen LogP contribution in [-0.2, 0) is 9.53 Å². The molecule has 1 aromatic heterocycles. The highest BCUT2D eigenvalue weighted by atomic mass is 35.5. The van der Waals surface area contributed by atoms with Gasteiger partial charge in [0.25, 0.3) is 5.91 Å². The molecular weight excluding hydrogens is 457 g/mol. The van der Waals surface area contributed by atoms with Crippen molar-refractivity contribution >= 4 is 62.2 Å². The number of thiophene rings is 1. The summed E-state index contributed by atoms with van der Waals surface area (Å²) < 4.78 is 11.7. The number of rotatable bonds is 6. The van der Waals surface area contributed by atoms with Gasteiger partial charge in [0.1, 0.15) is 10.6 Å². The Morgan fingerprint density at radius 2 is 1.68 bits per heavy atom. The third-order valence-electron chi connectivity index (χ3n) is 4.24. The molecule has 4 aromatic rings. The number of esters is 1. The number of fused-ring (bicyclic) bond motifs is 1. The summed E-state index contributed by atoms with van der Waals surface area (Å²) in [6.07, 6.45) is 0. The van der Waals surface area contributed by atoms with Crippen molar-refractivity contribution in [2.24, 2.45) is 0 Å². The van der Waals surface area contributed by atoms with E-state index in [-0.39, 0.29) is 9.90 Å². The van der Waals surface area contributed by atoms with Gasteiger partial charge in [-0.15, -0.1) is 11.3 Å². The minimum absolute atomic E-state index is 0.222. The molecule has 156 valence electrons. The molecule has 8 heteroatoms. The van der Waals surface area contributed by atoms with Crippen LogP contribution in [0.2, 0.25) is 10.0 Å². The Bertz CT molecular complexity index is 1260. The maximum atomic E-state index is 12.5. The standard InChI is InChI=1S/C23H15Cl2NO4S/c24-14-10-11-16-19(12-14)31-22(21(16)25)23(28)29-13-20(27)26-17-8-4-5-9-18(17)30-15-6-2-1-3-7-15/h1-12H,13H2,(H,26,27). The van der Waals surface area contributed by atoms with Crippen molar-refractivity contribution in [3.05, 3.63) is 87.7 Å². The van der Waals surface area contributed by atoms with Gasteiger partial charge >= 0.3 is 5.97 Å². The first kappa shape index (κ1) is 21.2. The summed E-state index contributed by atoms with van der Waals surface area (Å²) in [5.41, 5.74) is 0.460. The van der Waals surface area contributed by atoms with Crippen LogP contribution < -0.4 is 10.1 Å². The smallest absolute Gasteiger partial charge is 0.350 e. The van der Waals surface area contributed by atoms with E-state index in [9.17, 15) is 9.59 Å². The summed E-state index contributed by atoms with van der Waals surface area (Å²) in [6, 6.07) is 21.3. The second kappa shape index (κ2) is 9.39. The number of carbonyl (C=O) groups excluding carboxylic acids is 2. The highest BCUT2D eigenvalue weighted by Crippen LogP contribution is 2.37. The summed E-state index contributed by atoms with van der Waals surface area (Å²) >= 11 is 13.4. The van der Waals surface area contributed by atoms with Gasteiger partial charge in [-0.25, -0.2) is 4.79 Å². The van der Waals surface area contributed by atoms with Gasteiger partial charge in [0, 0.05) is 15.1 Å². The zero-order valence-electron chi connectivity index (χ0n) is 15.9. The predicted octanol–water partition coefficient (Wildman–Crippen LogP) is 6.80. The molecule has 0 bridgehead atoms. The lowest BCUT2D eigenvalue weighted by Gasteiger charge is -2.12. The monoisotopic (exact) mass is 471 g/mol. The molecule has 0 saturated heterocycles. The Morgan fingerprint density at radius 1 is 0.935 bits per heavy atom. The highest BCUT2D eigenvalue weighted by molar-refractivity contribution is 7.21. The maximum Gasteiger partial charge on any atom is 0.350 e. The van der Waals surface area contributed by atoms with Crippen molar-refractivity contribution in [3.63, 3.8) is 0 Å². The molecule has 0 atom stereocenters. The molecule has 0 unspecified atom stereocenters. The SMILES string of the molecule is O=C(COC(=O)c1sc2cc(Cl)ccc2c1Cl)Nc1ccccc1Oc1ccccc1. The molecule has 31 heavy (non-hydrogen) atoms. The van der Waals surface area contributed by atoms with E-state index in [2.05, 4.69) is 5.32 Å². The van der Waals surface area contributed by atoms with Crippen LogP contribution in [0.4, 0.5) is 5.69 Å². The van der Waals surface area contributed by atoms with E-state index in [0.717, 1.165) is 16.0 Å². The minimum Gasteiger partial charge on any atom is -0.455 e. The highest BCUT2D eigenvalue weighted by Gasteiger charge is 2.20. The first-order chi connectivity index (χ1) is 15.0. The maximum absolute atomic E-state index is 12.5. The van der Waals surface area contributed by atoms with E-state index in [1.54, 1.807) is 42.5 Å². The first-order valence-electron chi connectivity index (χ1n) is 9.18. The van der Waals surface area contributed by atoms with E-state index in [0.29, 0.717) is 27.6 Å². The van der Waals surface area contributed by atoms with Crippen LogP contribution in [0, 0.1) is 0 Å². The van der Waals surface area contributed by atoms with Gasteiger partial charge in [-0.2, -0.15) is 0 Å². The van der Waals surface area contributed by atoms with Gasteiger partial charge < -0.3 is 14.8 Å². The summed E-state index contributed by atoms with van der Waals surface area (Å²) in [6.45, 7) is -0.468. The molecule has 0 aliphatic rings. The van der Waals surface area contributed by atoms with Crippen LogP contribution in [0.1, 0.15) is 9.67 Å². The molecule has 4 rings (SSSR count). The Balaban J connectivity index is 1.41. The number of carbonyl (C=O) groups is 2. The summed E-state index contributed by atoms with van der Waals surface area (Å²) in [5, 5.41) is 4.23. The van der Waals surface area contributed by atoms with Crippen LogP contribution in [-0.4, -0.2) is 18.5 Å². The third-order valence-corrected chi connectivity index (χ3v) is 6.12. The van der Waals surface area contributed by atoms with Crippen molar-refractivity contribution in [1.29, 1.82) is 0 Å². The number of hydrogen-bond donors (Lipinski definition) is 1. The first-order valence-corrected chi connectivity index (χ1v) is 10.7. The van der Waals surface area contributed by atoms with Crippen molar-refractivity contribution in [2.75, 3.05) is 11.9 Å². The molecule has 1 N–H and O–H groups in total. The summed E-state index contributed by atoms with van der Waals surface area (Å²) in [4.78, 5) is 25.0. The fourth-order valence-electron chi connectivity index (χ4n) is 2.83. The van der Waals surface area contributed by atoms with Gasteiger partial charge in [0.2, 0.25) is 0 Å². The van der Waals surface area contributed by atoms with E-state index in [4.69, 9.17) is 32.7 Å². The molecule has 0 spiro atoms. The number of amides is 1. The fraction of sp³-hybridized carbons (Fsp3) is 0.0435. The Kier molecular flexibility index (Phi) is 6.42. The van der Waals surface area contributed by atoms with E-state index >= 15 is 0 Å². The molecule has 0 fully saturated rings. The van der Waals surface area contributed by atoms with Crippen molar-refractivity contribution in [1.82, 2.24) is 0 Å². The zero-order chi connectivity index (χ0) is 21.8. The minimum atomic E-state index is -0.675. The number of ether oxygens (including phenoxy) is 2. The normalized spacial score (nSPS) is 10.6. The lowest BCUT2D eigenvalue weighted by atomic mass is 10.2. The molecule has 1 heterocycles. The van der Waals surface area contributed by atoms with Crippen LogP contribution in [0.3, 0.4) is 0 Å². The molecular formula is C23H15Cl2NO4S. The number of nitrogens with one attached hydrogen (secondary N) is 1. The van der Waals surface area contributed by atoms with E-state index in [1.165, 1.54) is 0 Å². The molecule has 0 aliphatic carbocycles. The molecule has 0 aliphatic heterocycles. The van der Waals surface area contributed by atoms with Crippen LogP contribution >= 0.6 is 34.5 Å². The predicted molar refractivity (Wildman–Crippen MR) is 124 cm³/mol. The van der Waals surface area contributed by atoms with Crippen molar-refractivity contribution < 1.29 is 19.1 Å². The fourth-order valence-corrected chi connectivity index (χ4v) is 4.51. The van der Waals surface area contributed by atoms with Crippen LogP contribution in [0.25, 0.3) is 10.1 Å². The largest absolute Gasteiger partial charge is 0.455 e. The summed E-state index contributed by atoms with van der Waals surface area (Å²) in [7, 11) is 0. The Hall–Kier alpha value is -3.06. The molecule has 1 amide bonds. The third kappa shape index (κ3) is 4.99. The lowest BCUT2D eigenvalue weighted by Crippen LogP contribution is -2.21. The van der Waals surface area contributed by atoms with Gasteiger partial charge in [0.05, 0.1) is 10.7 Å².